The van der Waals surface area contributed by atoms with Crippen LogP contribution in [0.25, 0.3) is 0 Å². The Morgan fingerprint density at radius 2 is 2.04 bits per heavy atom. The van der Waals surface area contributed by atoms with Crippen molar-refractivity contribution in [1.82, 2.24) is 10.6 Å². The molecule has 2 bridgehead atoms. The number of amides is 2. The van der Waals surface area contributed by atoms with Crippen LogP contribution in [0.5, 0.6) is 0 Å². The highest BCUT2D eigenvalue weighted by molar-refractivity contribution is 5.94. The van der Waals surface area contributed by atoms with Gasteiger partial charge in [-0.15, -0.1) is 0 Å². The van der Waals surface area contributed by atoms with Crippen LogP contribution in [0.2, 0.25) is 0 Å². The van der Waals surface area contributed by atoms with Crippen molar-refractivity contribution in [2.45, 2.75) is 39.3 Å². The van der Waals surface area contributed by atoms with Crippen molar-refractivity contribution in [3.05, 3.63) is 47.5 Å². The normalized spacial score (nSPS) is 24.9. The lowest BCUT2D eigenvalue weighted by molar-refractivity contribution is -0.125. The second-order valence-corrected chi connectivity index (χ2v) is 6.93. The Hall–Kier alpha value is -2.10. The molecule has 0 saturated heterocycles. The highest BCUT2D eigenvalue weighted by Crippen LogP contribution is 2.43. The van der Waals surface area contributed by atoms with Crippen molar-refractivity contribution in [2.24, 2.45) is 17.8 Å². The molecule has 2 N–H and O–H groups in total. The van der Waals surface area contributed by atoms with E-state index in [1.54, 1.807) is 6.07 Å². The molecule has 1 aromatic rings. The summed E-state index contributed by atoms with van der Waals surface area (Å²) < 4.78 is 0. The van der Waals surface area contributed by atoms with Gasteiger partial charge in [0.2, 0.25) is 5.91 Å². The molecule has 1 fully saturated rings. The number of carbonyl (C=O) groups excluding carboxylic acids is 2. The van der Waals surface area contributed by atoms with E-state index in [-0.39, 0.29) is 23.8 Å². The minimum atomic E-state index is -0.0774. The molecule has 2 amide bonds. The fourth-order valence-electron chi connectivity index (χ4n) is 3.57. The molecule has 3 rings (SSSR count). The predicted molar refractivity (Wildman–Crippen MR) is 89.7 cm³/mol. The van der Waals surface area contributed by atoms with Crippen LogP contribution >= 0.6 is 0 Å². The zero-order valence-corrected chi connectivity index (χ0v) is 13.7. The second-order valence-electron chi connectivity index (χ2n) is 6.93. The fraction of sp³-hybridized carbons (Fsp3) is 0.474. The first-order valence-electron chi connectivity index (χ1n) is 8.39. The maximum Gasteiger partial charge on any atom is 0.251 e. The average molecular weight is 312 g/mol. The topological polar surface area (TPSA) is 58.2 Å². The third-order valence-electron chi connectivity index (χ3n) is 4.69. The van der Waals surface area contributed by atoms with E-state index in [9.17, 15) is 9.59 Å². The van der Waals surface area contributed by atoms with E-state index in [1.165, 1.54) is 0 Å². The number of benzene rings is 1. The molecular weight excluding hydrogens is 288 g/mol. The minimum absolute atomic E-state index is 0.0774. The molecule has 1 saturated carbocycles. The Morgan fingerprint density at radius 3 is 2.70 bits per heavy atom. The Bertz CT molecular complexity index is 636. The second kappa shape index (κ2) is 6.57. The smallest absolute Gasteiger partial charge is 0.251 e. The molecule has 0 aliphatic heterocycles. The number of rotatable bonds is 5. The van der Waals surface area contributed by atoms with Gasteiger partial charge in [0.25, 0.3) is 5.91 Å². The van der Waals surface area contributed by atoms with E-state index >= 15 is 0 Å². The van der Waals surface area contributed by atoms with Gasteiger partial charge in [0.1, 0.15) is 0 Å². The number of allylic oxidation sites excluding steroid dienone is 2. The summed E-state index contributed by atoms with van der Waals surface area (Å²) in [7, 11) is 0. The van der Waals surface area contributed by atoms with Crippen LogP contribution in [0.15, 0.2) is 36.4 Å². The van der Waals surface area contributed by atoms with Crippen molar-refractivity contribution in [2.75, 3.05) is 0 Å². The first kappa shape index (κ1) is 15.8. The van der Waals surface area contributed by atoms with Gasteiger partial charge in [-0.1, -0.05) is 24.3 Å². The highest BCUT2D eigenvalue weighted by Gasteiger charge is 2.39. The van der Waals surface area contributed by atoms with E-state index in [0.717, 1.165) is 18.4 Å². The van der Waals surface area contributed by atoms with Crippen molar-refractivity contribution >= 4 is 11.8 Å². The van der Waals surface area contributed by atoms with E-state index in [2.05, 4.69) is 22.8 Å². The van der Waals surface area contributed by atoms with Crippen molar-refractivity contribution in [3.8, 4) is 0 Å². The summed E-state index contributed by atoms with van der Waals surface area (Å²) in [5.41, 5.74) is 1.58. The van der Waals surface area contributed by atoms with Crippen LogP contribution in [-0.2, 0) is 11.3 Å². The molecule has 4 heteroatoms. The lowest BCUT2D eigenvalue weighted by atomic mass is 9.93. The van der Waals surface area contributed by atoms with Crippen LogP contribution in [0, 0.1) is 17.8 Å². The first-order valence-corrected chi connectivity index (χ1v) is 8.39. The molecule has 0 heterocycles. The van der Waals surface area contributed by atoms with E-state index in [0.29, 0.717) is 23.9 Å². The molecule has 2 aliphatic carbocycles. The summed E-state index contributed by atoms with van der Waals surface area (Å²) in [4.78, 5) is 24.4. The molecule has 122 valence electrons. The molecule has 2 aliphatic rings. The number of carbonyl (C=O) groups is 2. The molecule has 1 aromatic carbocycles. The Balaban J connectivity index is 1.57. The Kier molecular flexibility index (Phi) is 4.51. The molecule has 0 spiro atoms. The predicted octanol–water partition coefficient (Wildman–Crippen LogP) is 2.65. The fourth-order valence-corrected chi connectivity index (χ4v) is 3.57. The monoisotopic (exact) mass is 312 g/mol. The van der Waals surface area contributed by atoms with Crippen molar-refractivity contribution < 1.29 is 9.59 Å². The van der Waals surface area contributed by atoms with Gasteiger partial charge in [-0.25, -0.2) is 0 Å². The molecule has 0 radical (unpaired) electrons. The van der Waals surface area contributed by atoms with Crippen molar-refractivity contribution in [3.63, 3.8) is 0 Å². The van der Waals surface area contributed by atoms with Gasteiger partial charge in [-0.05, 0) is 56.2 Å². The number of nitrogens with one attached hydrogen (secondary N) is 2. The highest BCUT2D eigenvalue weighted by atomic mass is 16.2. The lowest BCUT2D eigenvalue weighted by Gasteiger charge is -2.17. The summed E-state index contributed by atoms with van der Waals surface area (Å²) in [6.07, 6.45) is 6.54. The van der Waals surface area contributed by atoms with Crippen LogP contribution in [-0.4, -0.2) is 17.9 Å². The zero-order valence-electron chi connectivity index (χ0n) is 13.7. The van der Waals surface area contributed by atoms with Crippen molar-refractivity contribution in [1.29, 1.82) is 0 Å². The van der Waals surface area contributed by atoms with E-state index < -0.39 is 0 Å². The molecule has 0 unspecified atom stereocenters. The minimum Gasteiger partial charge on any atom is -0.352 e. The van der Waals surface area contributed by atoms with Crippen LogP contribution < -0.4 is 10.6 Å². The van der Waals surface area contributed by atoms with E-state index in [4.69, 9.17) is 0 Å². The summed E-state index contributed by atoms with van der Waals surface area (Å²) in [6.45, 7) is 4.34. The standard InChI is InChI=1S/C19H24N2O2/c1-12(2)21-18(22)16-5-3-4-14(9-16)11-20-19(23)17-10-13-6-7-15(17)8-13/h3-7,9,12-13,15,17H,8,10-11H2,1-2H3,(H,20,23)(H,21,22)/t13-,15-,17-/m0/s1. The summed E-state index contributed by atoms with van der Waals surface area (Å²) >= 11 is 0. The maximum absolute atomic E-state index is 12.3. The van der Waals surface area contributed by atoms with Gasteiger partial charge < -0.3 is 10.6 Å². The third kappa shape index (κ3) is 3.63. The molecular formula is C19H24N2O2. The van der Waals surface area contributed by atoms with Gasteiger partial charge in [0.15, 0.2) is 0 Å². The maximum atomic E-state index is 12.3. The summed E-state index contributed by atoms with van der Waals surface area (Å²) in [6, 6.07) is 7.55. The first-order chi connectivity index (χ1) is 11.0. The summed E-state index contributed by atoms with van der Waals surface area (Å²) in [5.74, 6) is 1.20. The van der Waals surface area contributed by atoms with Gasteiger partial charge >= 0.3 is 0 Å². The Labute approximate surface area is 137 Å². The number of hydrogen-bond acceptors (Lipinski definition) is 2. The largest absolute Gasteiger partial charge is 0.352 e. The molecule has 0 aromatic heterocycles. The average Bonchev–Trinajstić information content (AvgIpc) is 3.15. The lowest BCUT2D eigenvalue weighted by Crippen LogP contribution is -2.32. The van der Waals surface area contributed by atoms with Crippen LogP contribution in [0.4, 0.5) is 0 Å². The summed E-state index contributed by atoms with van der Waals surface area (Å²) in [5, 5.41) is 5.91. The van der Waals surface area contributed by atoms with Crippen LogP contribution in [0.3, 0.4) is 0 Å². The molecule has 3 atom stereocenters. The van der Waals surface area contributed by atoms with Gasteiger partial charge in [-0.3, -0.25) is 9.59 Å². The number of fused-ring (bicyclic) bond motifs is 2. The van der Waals surface area contributed by atoms with Gasteiger partial charge in [-0.2, -0.15) is 0 Å². The van der Waals surface area contributed by atoms with Gasteiger partial charge in [0.05, 0.1) is 0 Å². The molecule has 4 nitrogen and oxygen atoms in total. The molecule has 23 heavy (non-hydrogen) atoms. The quantitative estimate of drug-likeness (QED) is 0.821. The van der Waals surface area contributed by atoms with Gasteiger partial charge in [0, 0.05) is 24.1 Å². The number of hydrogen-bond donors (Lipinski definition) is 2. The third-order valence-corrected chi connectivity index (χ3v) is 4.69. The van der Waals surface area contributed by atoms with Crippen LogP contribution in [0.1, 0.15) is 42.6 Å². The SMILES string of the molecule is CC(C)NC(=O)c1cccc(CNC(=O)[C@H]2C[C@H]3C=C[C@H]2C3)c1. The zero-order chi connectivity index (χ0) is 16.4. The van der Waals surface area contributed by atoms with E-state index in [1.807, 2.05) is 32.0 Å². The Morgan fingerprint density at radius 1 is 1.22 bits per heavy atom.